The van der Waals surface area contributed by atoms with E-state index in [2.05, 4.69) is 10.6 Å². The van der Waals surface area contributed by atoms with E-state index >= 15 is 0 Å². The van der Waals surface area contributed by atoms with E-state index < -0.39 is 4.92 Å². The van der Waals surface area contributed by atoms with Crippen LogP contribution in [-0.2, 0) is 6.54 Å². The summed E-state index contributed by atoms with van der Waals surface area (Å²) in [5.41, 5.74) is 2.74. The third kappa shape index (κ3) is 4.30. The molecule has 2 aromatic carbocycles. The van der Waals surface area contributed by atoms with Crippen molar-refractivity contribution in [2.75, 3.05) is 18.5 Å². The molecule has 0 saturated heterocycles. The van der Waals surface area contributed by atoms with Crippen molar-refractivity contribution in [3.05, 3.63) is 69.3 Å². The second-order valence-corrected chi connectivity index (χ2v) is 5.23. The Morgan fingerprint density at radius 2 is 2.00 bits per heavy atom. The summed E-state index contributed by atoms with van der Waals surface area (Å²) in [6, 6.07) is 11.9. The molecule has 24 heavy (non-hydrogen) atoms. The maximum Gasteiger partial charge on any atom is 0.272 e. The normalized spacial score (nSPS) is 10.2. The van der Waals surface area contributed by atoms with Crippen molar-refractivity contribution in [2.45, 2.75) is 13.5 Å². The first-order valence-electron chi connectivity index (χ1n) is 7.49. The minimum absolute atomic E-state index is 0.0893. The molecule has 0 spiro atoms. The van der Waals surface area contributed by atoms with Gasteiger partial charge in [0, 0.05) is 36.0 Å². The molecule has 7 heteroatoms. The van der Waals surface area contributed by atoms with Gasteiger partial charge in [-0.15, -0.1) is 0 Å². The molecular formula is C17H19N3O4. The number of nitro groups is 1. The monoisotopic (exact) mass is 329 g/mol. The predicted octanol–water partition coefficient (Wildman–Crippen LogP) is 2.24. The van der Waals surface area contributed by atoms with Gasteiger partial charge in [-0.2, -0.15) is 0 Å². The molecule has 0 bridgehead atoms. The summed E-state index contributed by atoms with van der Waals surface area (Å²) in [6.07, 6.45) is 0. The van der Waals surface area contributed by atoms with Crippen LogP contribution in [0.15, 0.2) is 42.5 Å². The molecule has 0 aromatic heterocycles. The van der Waals surface area contributed by atoms with Crippen LogP contribution in [0, 0.1) is 17.0 Å². The minimum Gasteiger partial charge on any atom is -0.395 e. The van der Waals surface area contributed by atoms with Crippen LogP contribution in [0.1, 0.15) is 21.5 Å². The zero-order valence-electron chi connectivity index (χ0n) is 13.3. The first-order valence-corrected chi connectivity index (χ1v) is 7.49. The number of hydrogen-bond donors (Lipinski definition) is 3. The van der Waals surface area contributed by atoms with Crippen molar-refractivity contribution in [1.29, 1.82) is 0 Å². The van der Waals surface area contributed by atoms with Crippen LogP contribution in [0.4, 0.5) is 11.4 Å². The zero-order valence-corrected chi connectivity index (χ0v) is 13.3. The van der Waals surface area contributed by atoms with Crippen LogP contribution in [0.2, 0.25) is 0 Å². The first kappa shape index (κ1) is 17.4. The lowest BCUT2D eigenvalue weighted by Gasteiger charge is -2.10. The van der Waals surface area contributed by atoms with Gasteiger partial charge < -0.3 is 15.7 Å². The Balaban J connectivity index is 2.09. The molecule has 0 fully saturated rings. The van der Waals surface area contributed by atoms with Crippen molar-refractivity contribution >= 4 is 17.3 Å². The number of aliphatic hydroxyl groups excluding tert-OH is 1. The topological polar surface area (TPSA) is 104 Å². The number of rotatable bonds is 7. The van der Waals surface area contributed by atoms with Crippen molar-refractivity contribution in [3.8, 4) is 0 Å². The fourth-order valence-electron chi connectivity index (χ4n) is 2.30. The second kappa shape index (κ2) is 8.07. The molecule has 0 atom stereocenters. The quantitative estimate of drug-likeness (QED) is 0.534. The Labute approximate surface area is 139 Å². The smallest absolute Gasteiger partial charge is 0.272 e. The van der Waals surface area contributed by atoms with E-state index in [1.54, 1.807) is 31.2 Å². The fraction of sp³-hybridized carbons (Fsp3) is 0.235. The van der Waals surface area contributed by atoms with Crippen molar-refractivity contribution in [2.24, 2.45) is 0 Å². The van der Waals surface area contributed by atoms with Crippen LogP contribution < -0.4 is 10.6 Å². The Bertz CT molecular complexity index is 746. The summed E-state index contributed by atoms with van der Waals surface area (Å²) < 4.78 is 0. The van der Waals surface area contributed by atoms with Crippen molar-refractivity contribution in [3.63, 3.8) is 0 Å². The summed E-state index contributed by atoms with van der Waals surface area (Å²) >= 11 is 0. The first-order chi connectivity index (χ1) is 11.5. The Morgan fingerprint density at radius 1 is 1.25 bits per heavy atom. The maximum absolute atomic E-state index is 11.9. The van der Waals surface area contributed by atoms with Gasteiger partial charge in [-0.25, -0.2) is 0 Å². The lowest BCUT2D eigenvalue weighted by molar-refractivity contribution is -0.385. The van der Waals surface area contributed by atoms with Gasteiger partial charge in [0.1, 0.15) is 0 Å². The van der Waals surface area contributed by atoms with E-state index in [9.17, 15) is 14.9 Å². The molecule has 0 aliphatic carbocycles. The molecule has 7 nitrogen and oxygen atoms in total. The number of amides is 1. The van der Waals surface area contributed by atoms with Gasteiger partial charge >= 0.3 is 0 Å². The number of nitro benzene ring substituents is 1. The molecule has 0 aliphatic heterocycles. The number of anilines is 1. The van der Waals surface area contributed by atoms with Gasteiger partial charge in [-0.3, -0.25) is 14.9 Å². The standard InChI is InChI=1S/C17H19N3O4/c1-12-14(5-3-7-16(12)20(23)24)11-19-15-6-2-4-13(10-15)17(22)18-8-9-21/h2-7,10,19,21H,8-9,11H2,1H3,(H,18,22). The molecule has 0 saturated carbocycles. The number of carbonyl (C=O) groups excluding carboxylic acids is 1. The number of aliphatic hydroxyl groups is 1. The van der Waals surface area contributed by atoms with Crippen molar-refractivity contribution < 1.29 is 14.8 Å². The SMILES string of the molecule is Cc1c(CNc2cccc(C(=O)NCCO)c2)cccc1[N+](=O)[O-]. The summed E-state index contributed by atoms with van der Waals surface area (Å²) in [5.74, 6) is -0.265. The van der Waals surface area contributed by atoms with Gasteiger partial charge in [0.2, 0.25) is 0 Å². The zero-order chi connectivity index (χ0) is 17.5. The second-order valence-electron chi connectivity index (χ2n) is 5.23. The number of hydrogen-bond acceptors (Lipinski definition) is 5. The lowest BCUT2D eigenvalue weighted by atomic mass is 10.1. The molecule has 0 radical (unpaired) electrons. The molecule has 0 heterocycles. The summed E-state index contributed by atoms with van der Waals surface area (Å²) in [5, 5.41) is 25.5. The van der Waals surface area contributed by atoms with E-state index in [4.69, 9.17) is 5.11 Å². The maximum atomic E-state index is 11.9. The van der Waals surface area contributed by atoms with E-state index in [0.717, 1.165) is 11.3 Å². The fourth-order valence-corrected chi connectivity index (χ4v) is 2.30. The van der Waals surface area contributed by atoms with E-state index in [1.807, 2.05) is 12.1 Å². The predicted molar refractivity (Wildman–Crippen MR) is 91.0 cm³/mol. The van der Waals surface area contributed by atoms with Crippen LogP contribution in [0.25, 0.3) is 0 Å². The van der Waals surface area contributed by atoms with Gasteiger partial charge in [-0.05, 0) is 30.7 Å². The van der Waals surface area contributed by atoms with Crippen LogP contribution in [-0.4, -0.2) is 29.1 Å². The van der Waals surface area contributed by atoms with E-state index in [-0.39, 0.29) is 24.7 Å². The molecule has 3 N–H and O–H groups in total. The van der Waals surface area contributed by atoms with Gasteiger partial charge in [0.25, 0.3) is 11.6 Å². The Hall–Kier alpha value is -2.93. The third-order valence-corrected chi connectivity index (χ3v) is 3.62. The van der Waals surface area contributed by atoms with Gasteiger partial charge in [0.05, 0.1) is 11.5 Å². The third-order valence-electron chi connectivity index (χ3n) is 3.62. The Kier molecular flexibility index (Phi) is 5.86. The molecule has 126 valence electrons. The Morgan fingerprint density at radius 3 is 2.71 bits per heavy atom. The average Bonchev–Trinajstić information content (AvgIpc) is 2.58. The summed E-state index contributed by atoms with van der Waals surface area (Å²) in [6.45, 7) is 2.21. The number of nitrogens with one attached hydrogen (secondary N) is 2. The summed E-state index contributed by atoms with van der Waals surface area (Å²) in [4.78, 5) is 22.5. The van der Waals surface area contributed by atoms with Crippen LogP contribution in [0.5, 0.6) is 0 Å². The summed E-state index contributed by atoms with van der Waals surface area (Å²) in [7, 11) is 0. The molecule has 2 aromatic rings. The van der Waals surface area contributed by atoms with Crippen molar-refractivity contribution in [1.82, 2.24) is 5.32 Å². The molecule has 1 amide bonds. The molecule has 0 aliphatic rings. The van der Waals surface area contributed by atoms with Crippen LogP contribution >= 0.6 is 0 Å². The number of benzene rings is 2. The number of carbonyl (C=O) groups is 1. The largest absolute Gasteiger partial charge is 0.395 e. The van der Waals surface area contributed by atoms with E-state index in [0.29, 0.717) is 17.7 Å². The minimum atomic E-state index is -0.398. The highest BCUT2D eigenvalue weighted by atomic mass is 16.6. The lowest BCUT2D eigenvalue weighted by Crippen LogP contribution is -2.26. The highest BCUT2D eigenvalue weighted by Gasteiger charge is 2.13. The van der Waals surface area contributed by atoms with Gasteiger partial charge in [0.15, 0.2) is 0 Å². The number of nitrogens with zero attached hydrogens (tertiary/aromatic N) is 1. The van der Waals surface area contributed by atoms with Crippen LogP contribution in [0.3, 0.4) is 0 Å². The van der Waals surface area contributed by atoms with E-state index in [1.165, 1.54) is 6.07 Å². The molecule has 0 unspecified atom stereocenters. The average molecular weight is 329 g/mol. The highest BCUT2D eigenvalue weighted by molar-refractivity contribution is 5.95. The molecular weight excluding hydrogens is 310 g/mol. The molecule has 2 rings (SSSR count). The van der Waals surface area contributed by atoms with Gasteiger partial charge in [-0.1, -0.05) is 18.2 Å². The highest BCUT2D eigenvalue weighted by Crippen LogP contribution is 2.22.